The maximum atomic E-state index is 12.0. The van der Waals surface area contributed by atoms with Crippen LogP contribution in [0.2, 0.25) is 0 Å². The number of aromatic nitrogens is 1. The van der Waals surface area contributed by atoms with Crippen molar-refractivity contribution in [2.75, 3.05) is 13.1 Å². The SMILES string of the molecule is CC(C)(C)OC(=O)N[C@@H]1CC[C@@H]2CN(Cc3ccncc3)C[C@@H]21. The van der Waals surface area contributed by atoms with Gasteiger partial charge in [-0.15, -0.1) is 0 Å². The van der Waals surface area contributed by atoms with E-state index in [4.69, 9.17) is 4.74 Å². The van der Waals surface area contributed by atoms with Gasteiger partial charge in [0.1, 0.15) is 5.60 Å². The number of pyridine rings is 1. The van der Waals surface area contributed by atoms with Crippen LogP contribution in [0.4, 0.5) is 4.79 Å². The van der Waals surface area contributed by atoms with Gasteiger partial charge in [-0.1, -0.05) is 0 Å². The fourth-order valence-electron chi connectivity index (χ4n) is 3.87. The quantitative estimate of drug-likeness (QED) is 0.931. The first-order chi connectivity index (χ1) is 10.9. The molecular formula is C18H27N3O2. The Morgan fingerprint density at radius 2 is 2.04 bits per heavy atom. The third-order valence-corrected chi connectivity index (χ3v) is 4.79. The second-order valence-electron chi connectivity index (χ2n) is 7.80. The molecule has 1 amide bonds. The van der Waals surface area contributed by atoms with Crippen LogP contribution in [0.1, 0.15) is 39.2 Å². The Morgan fingerprint density at radius 3 is 2.74 bits per heavy atom. The number of carbonyl (C=O) groups is 1. The molecule has 3 rings (SSSR count). The second kappa shape index (κ2) is 6.48. The fraction of sp³-hybridized carbons (Fsp3) is 0.667. The lowest BCUT2D eigenvalue weighted by molar-refractivity contribution is 0.0491. The summed E-state index contributed by atoms with van der Waals surface area (Å²) in [5, 5.41) is 3.09. The number of carbonyl (C=O) groups excluding carboxylic acids is 1. The van der Waals surface area contributed by atoms with E-state index in [0.29, 0.717) is 11.8 Å². The van der Waals surface area contributed by atoms with Gasteiger partial charge in [-0.25, -0.2) is 4.79 Å². The van der Waals surface area contributed by atoms with Crippen molar-refractivity contribution in [3.63, 3.8) is 0 Å². The van der Waals surface area contributed by atoms with Gasteiger partial charge >= 0.3 is 6.09 Å². The fourth-order valence-corrected chi connectivity index (χ4v) is 3.87. The van der Waals surface area contributed by atoms with Crippen LogP contribution in [0.3, 0.4) is 0 Å². The summed E-state index contributed by atoms with van der Waals surface area (Å²) < 4.78 is 5.40. The Morgan fingerprint density at radius 1 is 1.30 bits per heavy atom. The minimum absolute atomic E-state index is 0.247. The lowest BCUT2D eigenvalue weighted by Gasteiger charge is -2.25. The third-order valence-electron chi connectivity index (χ3n) is 4.79. The highest BCUT2D eigenvalue weighted by Crippen LogP contribution is 2.38. The summed E-state index contributed by atoms with van der Waals surface area (Å²) in [7, 11) is 0. The molecule has 2 fully saturated rings. The van der Waals surface area contributed by atoms with Crippen LogP contribution >= 0.6 is 0 Å². The Hall–Kier alpha value is -1.62. The molecule has 23 heavy (non-hydrogen) atoms. The lowest BCUT2D eigenvalue weighted by Crippen LogP contribution is -2.42. The number of hydrogen-bond acceptors (Lipinski definition) is 4. The Bertz CT molecular complexity index is 541. The molecule has 1 aromatic heterocycles. The summed E-state index contributed by atoms with van der Waals surface area (Å²) in [5.41, 5.74) is 0.863. The van der Waals surface area contributed by atoms with Crippen molar-refractivity contribution >= 4 is 6.09 Å². The third kappa shape index (κ3) is 4.22. The van der Waals surface area contributed by atoms with Gasteiger partial charge in [0.05, 0.1) is 0 Å². The average molecular weight is 317 g/mol. The van der Waals surface area contributed by atoms with E-state index in [-0.39, 0.29) is 12.1 Å². The predicted molar refractivity (Wildman–Crippen MR) is 88.9 cm³/mol. The van der Waals surface area contributed by atoms with Crippen molar-refractivity contribution in [2.24, 2.45) is 11.8 Å². The van der Waals surface area contributed by atoms with E-state index in [9.17, 15) is 4.79 Å². The number of likely N-dealkylation sites (tertiary alicyclic amines) is 1. The van der Waals surface area contributed by atoms with Gasteiger partial charge in [0.25, 0.3) is 0 Å². The average Bonchev–Trinajstić information content (AvgIpc) is 3.00. The van der Waals surface area contributed by atoms with Gasteiger partial charge in [-0.05, 0) is 63.1 Å². The summed E-state index contributed by atoms with van der Waals surface area (Å²) in [4.78, 5) is 18.6. The number of ether oxygens (including phenoxy) is 1. The summed E-state index contributed by atoms with van der Waals surface area (Å²) in [5.74, 6) is 1.24. The number of nitrogens with one attached hydrogen (secondary N) is 1. The van der Waals surface area contributed by atoms with E-state index in [0.717, 1.165) is 26.1 Å². The molecule has 1 aliphatic carbocycles. The van der Waals surface area contributed by atoms with Crippen LogP contribution in [0.5, 0.6) is 0 Å². The molecular weight excluding hydrogens is 290 g/mol. The highest BCUT2D eigenvalue weighted by atomic mass is 16.6. The van der Waals surface area contributed by atoms with E-state index >= 15 is 0 Å². The molecule has 2 heterocycles. The lowest BCUT2D eigenvalue weighted by atomic mass is 9.98. The van der Waals surface area contributed by atoms with Gasteiger partial charge < -0.3 is 10.1 Å². The monoisotopic (exact) mass is 317 g/mol. The number of alkyl carbamates (subject to hydrolysis) is 1. The van der Waals surface area contributed by atoms with Gasteiger partial charge in [-0.2, -0.15) is 0 Å². The van der Waals surface area contributed by atoms with E-state index in [1.165, 1.54) is 12.0 Å². The van der Waals surface area contributed by atoms with Crippen molar-refractivity contribution < 1.29 is 9.53 Å². The first kappa shape index (κ1) is 16.2. The van der Waals surface area contributed by atoms with E-state index in [2.05, 4.69) is 27.3 Å². The second-order valence-corrected chi connectivity index (χ2v) is 7.80. The van der Waals surface area contributed by atoms with Crippen LogP contribution in [0, 0.1) is 11.8 Å². The zero-order valence-electron chi connectivity index (χ0n) is 14.3. The molecule has 5 heteroatoms. The highest BCUT2D eigenvalue weighted by Gasteiger charge is 2.43. The normalized spacial score (nSPS) is 27.7. The van der Waals surface area contributed by atoms with Gasteiger partial charge in [-0.3, -0.25) is 9.88 Å². The Labute approximate surface area is 138 Å². The molecule has 1 aliphatic heterocycles. The van der Waals surface area contributed by atoms with Crippen molar-refractivity contribution in [3.8, 4) is 0 Å². The summed E-state index contributed by atoms with van der Waals surface area (Å²) in [6.45, 7) is 8.84. The molecule has 0 bridgehead atoms. The minimum atomic E-state index is -0.439. The standard InChI is InChI=1S/C18H27N3O2/c1-18(2,3)23-17(22)20-16-5-4-14-11-21(12-15(14)16)10-13-6-8-19-9-7-13/h6-9,14-16H,4-5,10-12H2,1-3H3,(H,20,22)/t14-,15+,16-/m1/s1. The number of hydrogen-bond donors (Lipinski definition) is 1. The first-order valence-electron chi connectivity index (χ1n) is 8.51. The largest absolute Gasteiger partial charge is 0.444 e. The maximum absolute atomic E-state index is 12.0. The summed E-state index contributed by atoms with van der Waals surface area (Å²) in [6, 6.07) is 4.40. The maximum Gasteiger partial charge on any atom is 0.407 e. The Kier molecular flexibility index (Phi) is 4.57. The number of rotatable bonds is 3. The van der Waals surface area contributed by atoms with Crippen LogP contribution in [-0.4, -0.2) is 40.7 Å². The van der Waals surface area contributed by atoms with Crippen molar-refractivity contribution in [3.05, 3.63) is 30.1 Å². The van der Waals surface area contributed by atoms with Crippen LogP contribution < -0.4 is 5.32 Å². The van der Waals surface area contributed by atoms with Gasteiger partial charge in [0.15, 0.2) is 0 Å². The molecule has 1 saturated carbocycles. The predicted octanol–water partition coefficient (Wildman–Crippen LogP) is 2.82. The van der Waals surface area contributed by atoms with Crippen molar-refractivity contribution in [1.82, 2.24) is 15.2 Å². The van der Waals surface area contributed by atoms with Gasteiger partial charge in [0, 0.05) is 38.1 Å². The molecule has 0 spiro atoms. The Balaban J connectivity index is 1.53. The number of nitrogens with zero attached hydrogens (tertiary/aromatic N) is 2. The molecule has 1 aromatic rings. The molecule has 3 atom stereocenters. The van der Waals surface area contributed by atoms with Crippen LogP contribution in [0.25, 0.3) is 0 Å². The van der Waals surface area contributed by atoms with Crippen molar-refractivity contribution in [1.29, 1.82) is 0 Å². The molecule has 0 radical (unpaired) electrons. The van der Waals surface area contributed by atoms with Crippen LogP contribution in [-0.2, 0) is 11.3 Å². The zero-order valence-corrected chi connectivity index (χ0v) is 14.3. The van der Waals surface area contributed by atoms with E-state index < -0.39 is 5.60 Å². The topological polar surface area (TPSA) is 54.5 Å². The molecule has 0 unspecified atom stereocenters. The van der Waals surface area contributed by atoms with E-state index in [1.807, 2.05) is 33.2 Å². The first-order valence-corrected chi connectivity index (χ1v) is 8.51. The molecule has 126 valence electrons. The highest BCUT2D eigenvalue weighted by molar-refractivity contribution is 5.68. The van der Waals surface area contributed by atoms with Gasteiger partial charge in [0.2, 0.25) is 0 Å². The van der Waals surface area contributed by atoms with Crippen LogP contribution in [0.15, 0.2) is 24.5 Å². The smallest absolute Gasteiger partial charge is 0.407 e. The molecule has 5 nitrogen and oxygen atoms in total. The summed E-state index contributed by atoms with van der Waals surface area (Å²) >= 11 is 0. The molecule has 1 N–H and O–H groups in total. The zero-order chi connectivity index (χ0) is 16.4. The van der Waals surface area contributed by atoms with Crippen molar-refractivity contribution in [2.45, 2.75) is 51.8 Å². The van der Waals surface area contributed by atoms with E-state index in [1.54, 1.807) is 0 Å². The molecule has 1 saturated heterocycles. The molecule has 0 aromatic carbocycles. The molecule has 2 aliphatic rings. The number of amides is 1. The minimum Gasteiger partial charge on any atom is -0.444 e. The number of fused-ring (bicyclic) bond motifs is 1. The summed E-state index contributed by atoms with van der Waals surface area (Å²) in [6.07, 6.45) is 5.67.